The highest BCUT2D eigenvalue weighted by atomic mass is 35.5. The van der Waals surface area contributed by atoms with Gasteiger partial charge in [0, 0.05) is 6.42 Å². The minimum Gasteiger partial charge on any atom is -0.480 e. The number of aromatic nitrogens is 2. The van der Waals surface area contributed by atoms with Crippen LogP contribution in [0.5, 0.6) is 0 Å². The van der Waals surface area contributed by atoms with Crippen molar-refractivity contribution in [1.82, 2.24) is 15.3 Å². The van der Waals surface area contributed by atoms with Gasteiger partial charge in [0.15, 0.2) is 0 Å². The molecule has 1 aromatic rings. The van der Waals surface area contributed by atoms with Crippen molar-refractivity contribution in [3.63, 3.8) is 0 Å². The summed E-state index contributed by atoms with van der Waals surface area (Å²) in [5.41, 5.74) is -0.0687. The fourth-order valence-corrected chi connectivity index (χ4v) is 1.15. The third-order valence-corrected chi connectivity index (χ3v) is 1.95. The highest BCUT2D eigenvalue weighted by molar-refractivity contribution is 6.29. The lowest BCUT2D eigenvalue weighted by Gasteiger charge is -2.10. The molecule has 0 aromatic carbocycles. The van der Waals surface area contributed by atoms with E-state index < -0.39 is 17.9 Å². The molecule has 0 spiro atoms. The van der Waals surface area contributed by atoms with Crippen LogP contribution in [0.3, 0.4) is 0 Å². The third kappa shape index (κ3) is 3.74. The Morgan fingerprint density at radius 1 is 1.59 bits per heavy atom. The van der Waals surface area contributed by atoms with Crippen LogP contribution < -0.4 is 5.32 Å². The lowest BCUT2D eigenvalue weighted by Crippen LogP contribution is -2.40. The molecule has 0 aliphatic carbocycles. The maximum atomic E-state index is 11.6. The van der Waals surface area contributed by atoms with Gasteiger partial charge in [0.2, 0.25) is 0 Å². The van der Waals surface area contributed by atoms with Gasteiger partial charge >= 0.3 is 5.97 Å². The fraction of sp³-hybridized carbons (Fsp3) is 0.200. The van der Waals surface area contributed by atoms with Crippen LogP contribution >= 0.6 is 11.6 Å². The van der Waals surface area contributed by atoms with Gasteiger partial charge in [0.1, 0.15) is 16.9 Å². The quantitative estimate of drug-likeness (QED) is 0.755. The number of halogens is 1. The van der Waals surface area contributed by atoms with Crippen molar-refractivity contribution in [2.75, 3.05) is 0 Å². The van der Waals surface area contributed by atoms with Crippen molar-refractivity contribution in [3.05, 3.63) is 23.2 Å². The Bertz CT molecular complexity index is 484. The smallest absolute Gasteiger partial charge is 0.327 e. The zero-order valence-corrected chi connectivity index (χ0v) is 9.31. The molecule has 1 unspecified atom stereocenters. The van der Waals surface area contributed by atoms with Crippen molar-refractivity contribution in [2.24, 2.45) is 0 Å². The number of carbonyl (C=O) groups is 2. The Morgan fingerprint density at radius 2 is 2.29 bits per heavy atom. The molecule has 0 aliphatic rings. The molecular weight excluding hydrogens is 246 g/mol. The van der Waals surface area contributed by atoms with E-state index in [1.165, 1.54) is 12.4 Å². The maximum absolute atomic E-state index is 11.6. The molecular formula is C10H8ClN3O3. The number of carboxylic acid groups (broad SMARTS) is 1. The molecule has 1 heterocycles. The summed E-state index contributed by atoms with van der Waals surface area (Å²) in [7, 11) is 0. The second-order valence-corrected chi connectivity index (χ2v) is 3.39. The first-order valence-electron chi connectivity index (χ1n) is 4.49. The lowest BCUT2D eigenvalue weighted by atomic mass is 10.2. The lowest BCUT2D eigenvalue weighted by molar-refractivity contribution is -0.139. The summed E-state index contributed by atoms with van der Waals surface area (Å²) in [5, 5.41) is 11.0. The van der Waals surface area contributed by atoms with Crippen LogP contribution in [0.15, 0.2) is 12.4 Å². The Kier molecular flexibility index (Phi) is 4.43. The normalized spacial score (nSPS) is 11.3. The van der Waals surface area contributed by atoms with E-state index in [4.69, 9.17) is 23.1 Å². The second-order valence-electron chi connectivity index (χ2n) is 3.00. The van der Waals surface area contributed by atoms with Crippen molar-refractivity contribution in [3.8, 4) is 12.3 Å². The Morgan fingerprint density at radius 3 is 2.82 bits per heavy atom. The summed E-state index contributed by atoms with van der Waals surface area (Å²) >= 11 is 5.55. The Balaban J connectivity index is 2.78. The summed E-state index contributed by atoms with van der Waals surface area (Å²) < 4.78 is 0. The number of nitrogens with one attached hydrogen (secondary N) is 1. The van der Waals surface area contributed by atoms with Gasteiger partial charge in [0.25, 0.3) is 5.91 Å². The molecule has 1 aromatic heterocycles. The first-order valence-corrected chi connectivity index (χ1v) is 4.87. The largest absolute Gasteiger partial charge is 0.480 e. The van der Waals surface area contributed by atoms with Crippen LogP contribution in [0.2, 0.25) is 5.15 Å². The van der Waals surface area contributed by atoms with E-state index >= 15 is 0 Å². The van der Waals surface area contributed by atoms with Crippen LogP contribution in [-0.2, 0) is 4.79 Å². The third-order valence-electron chi connectivity index (χ3n) is 1.76. The number of amides is 1. The van der Waals surface area contributed by atoms with Crippen LogP contribution in [0.4, 0.5) is 0 Å². The molecule has 1 amide bonds. The summed E-state index contributed by atoms with van der Waals surface area (Å²) in [5.74, 6) is 0.251. The standard InChI is InChI=1S/C10H8ClN3O3/c1-2-3-6(10(16)17)14-9(15)7-4-12-5-8(11)13-7/h1,4-6H,3H2,(H,14,15)(H,16,17). The molecule has 1 atom stereocenters. The number of rotatable bonds is 4. The van der Waals surface area contributed by atoms with Gasteiger partial charge in [-0.1, -0.05) is 11.6 Å². The molecule has 6 nitrogen and oxygen atoms in total. The molecule has 17 heavy (non-hydrogen) atoms. The highest BCUT2D eigenvalue weighted by Crippen LogP contribution is 2.03. The van der Waals surface area contributed by atoms with E-state index in [2.05, 4.69) is 21.2 Å². The van der Waals surface area contributed by atoms with E-state index in [1.807, 2.05) is 0 Å². The number of carbonyl (C=O) groups excluding carboxylic acids is 1. The molecule has 7 heteroatoms. The van der Waals surface area contributed by atoms with E-state index in [-0.39, 0.29) is 17.3 Å². The molecule has 0 radical (unpaired) electrons. The number of nitrogens with zero attached hydrogens (tertiary/aromatic N) is 2. The van der Waals surface area contributed by atoms with Crippen LogP contribution in [0.1, 0.15) is 16.9 Å². The van der Waals surface area contributed by atoms with Crippen LogP contribution in [0, 0.1) is 12.3 Å². The van der Waals surface area contributed by atoms with Crippen molar-refractivity contribution in [2.45, 2.75) is 12.5 Å². The molecule has 0 saturated carbocycles. The number of hydrogen-bond acceptors (Lipinski definition) is 4. The van der Waals surface area contributed by atoms with E-state index in [9.17, 15) is 9.59 Å². The van der Waals surface area contributed by atoms with Gasteiger partial charge in [-0.3, -0.25) is 9.78 Å². The number of hydrogen-bond donors (Lipinski definition) is 2. The molecule has 0 fully saturated rings. The van der Waals surface area contributed by atoms with Gasteiger partial charge in [-0.05, 0) is 0 Å². The predicted molar refractivity (Wildman–Crippen MR) is 59.4 cm³/mol. The molecule has 0 saturated heterocycles. The number of terminal acetylenes is 1. The van der Waals surface area contributed by atoms with Gasteiger partial charge in [-0.2, -0.15) is 0 Å². The molecule has 1 rings (SSSR count). The summed E-state index contributed by atoms with van der Waals surface area (Å²) in [4.78, 5) is 29.7. The number of carboxylic acids is 1. The number of aliphatic carboxylic acids is 1. The van der Waals surface area contributed by atoms with Crippen molar-refractivity contribution < 1.29 is 14.7 Å². The monoisotopic (exact) mass is 253 g/mol. The highest BCUT2D eigenvalue weighted by Gasteiger charge is 2.20. The predicted octanol–water partition coefficient (Wildman–Crippen LogP) is 0.336. The average Bonchev–Trinajstić information content (AvgIpc) is 2.28. The average molecular weight is 254 g/mol. The van der Waals surface area contributed by atoms with Gasteiger partial charge < -0.3 is 10.4 Å². The zero-order valence-electron chi connectivity index (χ0n) is 8.55. The SMILES string of the molecule is C#CCC(NC(=O)c1cncc(Cl)n1)C(=O)O. The second kappa shape index (κ2) is 5.82. The van der Waals surface area contributed by atoms with Crippen molar-refractivity contribution in [1.29, 1.82) is 0 Å². The first-order chi connectivity index (χ1) is 8.04. The Labute approximate surface area is 102 Å². The fourth-order valence-electron chi connectivity index (χ4n) is 1.00. The van der Waals surface area contributed by atoms with E-state index in [1.54, 1.807) is 0 Å². The minimum atomic E-state index is -1.22. The minimum absolute atomic E-state index is 0.0430. The molecule has 2 N–H and O–H groups in total. The Hall–Kier alpha value is -2.13. The van der Waals surface area contributed by atoms with Crippen LogP contribution in [-0.4, -0.2) is 33.0 Å². The summed E-state index contributed by atoms with van der Waals surface area (Å²) in [6.45, 7) is 0. The molecule has 0 bridgehead atoms. The summed E-state index contributed by atoms with van der Waals surface area (Å²) in [6, 6.07) is -1.16. The molecule has 0 aliphatic heterocycles. The summed E-state index contributed by atoms with van der Waals surface area (Å²) in [6.07, 6.45) is 7.31. The van der Waals surface area contributed by atoms with E-state index in [0.717, 1.165) is 0 Å². The molecule has 88 valence electrons. The topological polar surface area (TPSA) is 92.2 Å². The van der Waals surface area contributed by atoms with Crippen LogP contribution in [0.25, 0.3) is 0 Å². The van der Waals surface area contributed by atoms with Crippen molar-refractivity contribution >= 4 is 23.5 Å². The van der Waals surface area contributed by atoms with E-state index in [0.29, 0.717) is 0 Å². The van der Waals surface area contributed by atoms with Gasteiger partial charge in [0.05, 0.1) is 12.4 Å². The zero-order chi connectivity index (χ0) is 12.8. The van der Waals surface area contributed by atoms with Gasteiger partial charge in [-0.15, -0.1) is 12.3 Å². The maximum Gasteiger partial charge on any atom is 0.327 e. The van der Waals surface area contributed by atoms with Gasteiger partial charge in [-0.25, -0.2) is 9.78 Å². The first kappa shape index (κ1) is 12.9.